The molecule has 4 rings (SSSR count). The van der Waals surface area contributed by atoms with Crippen LogP contribution in [-0.2, 0) is 20.0 Å². The second kappa shape index (κ2) is 14.3. The zero-order valence-electron chi connectivity index (χ0n) is 25.2. The lowest BCUT2D eigenvalue weighted by atomic mass is 10.1. The first-order chi connectivity index (χ1) is 21.5. The summed E-state index contributed by atoms with van der Waals surface area (Å²) in [5, 5.41) is 12.0. The maximum absolute atomic E-state index is 12.1. The number of hydrogen-bond acceptors (Lipinski definition) is 12. The molecule has 1 aromatic heterocycles. The van der Waals surface area contributed by atoms with Gasteiger partial charge < -0.3 is 10.1 Å². The van der Waals surface area contributed by atoms with E-state index in [9.17, 15) is 16.8 Å². The molecule has 3 aromatic carbocycles. The lowest BCUT2D eigenvalue weighted by Gasteiger charge is -2.15. The fourth-order valence-electron chi connectivity index (χ4n) is 3.89. The maximum Gasteiger partial charge on any atom is 0.240 e. The van der Waals surface area contributed by atoms with Gasteiger partial charge in [0.15, 0.2) is 11.6 Å². The number of methoxy groups -OCH3 is 1. The highest BCUT2D eigenvalue weighted by molar-refractivity contribution is 7.89. The van der Waals surface area contributed by atoms with Crippen molar-refractivity contribution < 1.29 is 21.6 Å². The zero-order valence-corrected chi connectivity index (χ0v) is 26.8. The molecule has 4 aromatic rings. The van der Waals surface area contributed by atoms with Crippen molar-refractivity contribution in [2.45, 2.75) is 23.6 Å². The van der Waals surface area contributed by atoms with E-state index in [-0.39, 0.29) is 33.1 Å². The highest BCUT2D eigenvalue weighted by Crippen LogP contribution is 2.32. The Morgan fingerprint density at radius 3 is 1.47 bits per heavy atom. The number of nitrogens with one attached hydrogen (secondary N) is 5. The molecule has 5 N–H and O–H groups in total. The molecule has 0 spiro atoms. The molecule has 0 aliphatic rings. The number of anilines is 4. The molecule has 0 atom stereocenters. The summed E-state index contributed by atoms with van der Waals surface area (Å²) in [6.07, 6.45) is 0. The number of sulfonamides is 2. The average Bonchev–Trinajstić information content (AvgIpc) is 3.06. The minimum atomic E-state index is -3.57. The third kappa shape index (κ3) is 8.18. The molecule has 0 saturated carbocycles. The third-order valence-corrected chi connectivity index (χ3v) is 9.32. The Labute approximate surface area is 262 Å². The summed E-state index contributed by atoms with van der Waals surface area (Å²) in [7, 11) is -2.99. The summed E-state index contributed by atoms with van der Waals surface area (Å²) in [4.78, 5) is 9.36. The van der Waals surface area contributed by atoms with Crippen molar-refractivity contribution in [3.63, 3.8) is 0 Å². The van der Waals surface area contributed by atoms with Crippen molar-refractivity contribution >= 4 is 54.7 Å². The molecule has 0 saturated heterocycles. The first kappa shape index (κ1) is 33.0. The number of aromatic nitrogens is 2. The van der Waals surface area contributed by atoms with E-state index in [2.05, 4.69) is 45.8 Å². The summed E-state index contributed by atoms with van der Waals surface area (Å²) in [6.45, 7) is 3.51. The van der Waals surface area contributed by atoms with E-state index in [4.69, 9.17) is 4.74 Å². The Balaban J connectivity index is 1.66. The van der Waals surface area contributed by atoms with Gasteiger partial charge in [0.25, 0.3) is 0 Å². The molecular weight excluding hydrogens is 619 g/mol. The Kier molecular flexibility index (Phi) is 10.5. The number of hydrogen-bond donors (Lipinski definition) is 5. The van der Waals surface area contributed by atoms with Crippen molar-refractivity contribution in [3.05, 3.63) is 90.0 Å². The molecule has 45 heavy (non-hydrogen) atoms. The lowest BCUT2D eigenvalue weighted by Crippen LogP contribution is -2.18. The van der Waals surface area contributed by atoms with Gasteiger partial charge in [-0.15, -0.1) is 0 Å². The number of nitrogens with zero attached hydrogens (tertiary/aromatic N) is 4. The highest BCUT2D eigenvalue weighted by atomic mass is 32.2. The fraction of sp³-hybridized carbons (Fsp3) is 0.172. The summed E-state index contributed by atoms with van der Waals surface area (Å²) in [5.41, 5.74) is 9.04. The number of para-hydroxylation sites is 1. The SMILES string of the molecule is CNS(=O)(=O)c1ccc(C(C)=NNc2nc(Nc3ccccc3)nc(NN=C(C)c3ccc(S(=O)(=O)NC)cc3)c2OC)cc1. The van der Waals surface area contributed by atoms with Gasteiger partial charge in [-0.2, -0.15) is 20.2 Å². The van der Waals surface area contributed by atoms with Crippen molar-refractivity contribution in [1.29, 1.82) is 0 Å². The van der Waals surface area contributed by atoms with Gasteiger partial charge in [0.1, 0.15) is 0 Å². The Morgan fingerprint density at radius 2 is 1.09 bits per heavy atom. The second-order valence-corrected chi connectivity index (χ2v) is 13.1. The smallest absolute Gasteiger partial charge is 0.240 e. The van der Waals surface area contributed by atoms with Gasteiger partial charge in [0, 0.05) is 5.69 Å². The number of benzene rings is 3. The minimum absolute atomic E-state index is 0.133. The maximum atomic E-state index is 12.1. The van der Waals surface area contributed by atoms with Crippen LogP contribution >= 0.6 is 0 Å². The predicted octanol–water partition coefficient (Wildman–Crippen LogP) is 3.72. The molecule has 236 valence electrons. The van der Waals surface area contributed by atoms with Gasteiger partial charge in [-0.25, -0.2) is 26.3 Å². The predicted molar refractivity (Wildman–Crippen MR) is 175 cm³/mol. The van der Waals surface area contributed by atoms with Crippen LogP contribution in [0.2, 0.25) is 0 Å². The summed E-state index contributed by atoms with van der Waals surface area (Å²) in [6, 6.07) is 21.9. The number of hydrazone groups is 2. The topological polar surface area (TPSA) is 188 Å². The summed E-state index contributed by atoms with van der Waals surface area (Å²) in [5.74, 6) is 0.872. The second-order valence-electron chi connectivity index (χ2n) is 9.35. The van der Waals surface area contributed by atoms with Crippen LogP contribution in [0.15, 0.2) is 98.9 Å². The largest absolute Gasteiger partial charge is 0.490 e. The normalized spacial score (nSPS) is 12.5. The monoisotopic (exact) mass is 651 g/mol. The first-order valence-corrected chi connectivity index (χ1v) is 16.4. The highest BCUT2D eigenvalue weighted by Gasteiger charge is 2.17. The van der Waals surface area contributed by atoms with Gasteiger partial charge in [-0.3, -0.25) is 10.9 Å². The summed E-state index contributed by atoms with van der Waals surface area (Å²) >= 11 is 0. The van der Waals surface area contributed by atoms with Crippen LogP contribution in [0.3, 0.4) is 0 Å². The molecule has 1 heterocycles. The molecule has 16 heteroatoms. The van der Waals surface area contributed by atoms with E-state index in [1.54, 1.807) is 38.1 Å². The number of ether oxygens (including phenoxy) is 1. The lowest BCUT2D eigenvalue weighted by molar-refractivity contribution is 0.415. The van der Waals surface area contributed by atoms with E-state index >= 15 is 0 Å². The van der Waals surface area contributed by atoms with E-state index in [1.165, 1.54) is 45.5 Å². The van der Waals surface area contributed by atoms with E-state index in [0.29, 0.717) is 22.6 Å². The Morgan fingerprint density at radius 1 is 0.667 bits per heavy atom. The average molecular weight is 652 g/mol. The van der Waals surface area contributed by atoms with Crippen LogP contribution in [0.4, 0.5) is 23.3 Å². The van der Waals surface area contributed by atoms with Crippen molar-refractivity contribution in [2.24, 2.45) is 10.2 Å². The van der Waals surface area contributed by atoms with Gasteiger partial charge in [0.05, 0.1) is 28.3 Å². The standard InChI is InChI=1S/C29H33N9O5S2/c1-19(21-11-15-24(16-12-21)44(39,40)30-3)35-37-27-26(43-5)28(34-29(33-27)32-23-9-7-6-8-10-23)38-36-20(2)22-13-17-25(18-14-22)45(41,42)31-4/h6-18,30-31H,1-5H3,(H3,32,33,34,37,38). The van der Waals surface area contributed by atoms with Gasteiger partial charge >= 0.3 is 0 Å². The summed E-state index contributed by atoms with van der Waals surface area (Å²) < 4.78 is 58.5. The van der Waals surface area contributed by atoms with Crippen LogP contribution in [-0.4, -0.2) is 59.4 Å². The van der Waals surface area contributed by atoms with Gasteiger partial charge in [-0.1, -0.05) is 42.5 Å². The van der Waals surface area contributed by atoms with E-state index in [1.807, 2.05) is 30.3 Å². The van der Waals surface area contributed by atoms with E-state index in [0.717, 1.165) is 5.69 Å². The molecule has 0 amide bonds. The van der Waals surface area contributed by atoms with Crippen molar-refractivity contribution in [2.75, 3.05) is 37.4 Å². The van der Waals surface area contributed by atoms with Crippen LogP contribution < -0.4 is 30.3 Å². The fourth-order valence-corrected chi connectivity index (χ4v) is 5.35. The van der Waals surface area contributed by atoms with Crippen LogP contribution in [0, 0.1) is 0 Å². The van der Waals surface area contributed by atoms with Gasteiger partial charge in [0.2, 0.25) is 31.7 Å². The van der Waals surface area contributed by atoms with Crippen molar-refractivity contribution in [3.8, 4) is 5.75 Å². The van der Waals surface area contributed by atoms with E-state index < -0.39 is 20.0 Å². The molecule has 0 aliphatic carbocycles. The molecule has 0 fully saturated rings. The van der Waals surface area contributed by atoms with Crippen molar-refractivity contribution in [1.82, 2.24) is 19.4 Å². The van der Waals surface area contributed by atoms with Crippen LogP contribution in [0.25, 0.3) is 0 Å². The Bertz CT molecular complexity index is 1800. The number of rotatable bonds is 13. The molecule has 0 bridgehead atoms. The quantitative estimate of drug-likeness (QED) is 0.105. The molecule has 0 unspecified atom stereocenters. The Hall–Kier alpha value is -4.90. The first-order valence-electron chi connectivity index (χ1n) is 13.4. The van der Waals surface area contributed by atoms with Gasteiger partial charge in [-0.05, 0) is 75.5 Å². The molecule has 14 nitrogen and oxygen atoms in total. The third-order valence-electron chi connectivity index (χ3n) is 6.46. The minimum Gasteiger partial charge on any atom is -0.490 e. The van der Waals surface area contributed by atoms with Crippen LogP contribution in [0.1, 0.15) is 25.0 Å². The molecule has 0 radical (unpaired) electrons. The van der Waals surface area contributed by atoms with Crippen LogP contribution in [0.5, 0.6) is 5.75 Å². The molecular formula is C29H33N9O5S2. The molecule has 0 aliphatic heterocycles. The zero-order chi connectivity index (χ0) is 32.6.